The van der Waals surface area contributed by atoms with Crippen LogP contribution in [0.15, 0.2) is 41.4 Å². The normalized spacial score (nSPS) is 19.6. The van der Waals surface area contributed by atoms with Gasteiger partial charge in [0, 0.05) is 19.3 Å². The number of carboxylic acid groups (broad SMARTS) is 1. The van der Waals surface area contributed by atoms with Crippen molar-refractivity contribution in [3.63, 3.8) is 0 Å². The van der Waals surface area contributed by atoms with Gasteiger partial charge in [0.05, 0.1) is 23.2 Å². The summed E-state index contributed by atoms with van der Waals surface area (Å²) in [5.74, 6) is -3.20. The number of carboxylic acids is 1. The van der Waals surface area contributed by atoms with Crippen molar-refractivity contribution in [1.82, 2.24) is 19.0 Å². The molecule has 4 rings (SSSR count). The van der Waals surface area contributed by atoms with Crippen molar-refractivity contribution in [2.24, 2.45) is 0 Å². The van der Waals surface area contributed by atoms with Crippen molar-refractivity contribution in [2.75, 3.05) is 26.2 Å². The molecule has 1 atom stereocenters. The smallest absolute Gasteiger partial charge is 0.475 e. The van der Waals surface area contributed by atoms with Gasteiger partial charge in [0.15, 0.2) is 0 Å². The van der Waals surface area contributed by atoms with Crippen LogP contribution in [0.1, 0.15) is 31.0 Å². The molecule has 1 fully saturated rings. The molecule has 0 radical (unpaired) electrons. The molecule has 0 aliphatic carbocycles. The molecule has 1 aromatic heterocycles. The topological polar surface area (TPSA) is 95.7 Å². The Balaban J connectivity index is 0.000000383. The van der Waals surface area contributed by atoms with Gasteiger partial charge in [0.1, 0.15) is 5.82 Å². The number of alkyl halides is 3. The molecular weight excluding hydrogens is 468 g/mol. The maximum atomic E-state index is 13.2. The first-order chi connectivity index (χ1) is 15.5. The fourth-order valence-electron chi connectivity index (χ4n) is 3.84. The quantitative estimate of drug-likeness (QED) is 0.645. The van der Waals surface area contributed by atoms with Gasteiger partial charge in [-0.15, -0.1) is 0 Å². The molecule has 13 heteroatoms. The van der Waals surface area contributed by atoms with E-state index in [1.54, 1.807) is 6.20 Å². The standard InChI is InChI=1S/C18H23FN4O2S.C2HF3O2/c19-15-3-5-18(6-4-15)26(24,25)22-13-16-7-9-20-23(16)17(14-22)8-12-21-10-1-2-11-21;3-2(4,5)1(6)7/h3-7,9,17H,1-2,8,10-14H2;(H,6,7). The van der Waals surface area contributed by atoms with Crippen molar-refractivity contribution in [2.45, 2.75) is 42.9 Å². The molecule has 2 aliphatic rings. The molecule has 1 aromatic carbocycles. The number of aromatic nitrogens is 2. The van der Waals surface area contributed by atoms with Crippen molar-refractivity contribution in [3.05, 3.63) is 48.0 Å². The highest BCUT2D eigenvalue weighted by atomic mass is 32.2. The predicted octanol–water partition coefficient (Wildman–Crippen LogP) is 2.89. The SMILES string of the molecule is O=C(O)C(F)(F)F.O=S(=O)(c1ccc(F)cc1)N1Cc2ccnn2C(CCN2CCCC2)C1. The number of benzene rings is 1. The van der Waals surface area contributed by atoms with E-state index in [0.717, 1.165) is 31.7 Å². The van der Waals surface area contributed by atoms with Crippen LogP contribution in [0.3, 0.4) is 0 Å². The molecule has 3 heterocycles. The minimum absolute atomic E-state index is 0.0181. The minimum Gasteiger partial charge on any atom is -0.475 e. The van der Waals surface area contributed by atoms with E-state index in [9.17, 15) is 26.0 Å². The van der Waals surface area contributed by atoms with Crippen molar-refractivity contribution >= 4 is 16.0 Å². The van der Waals surface area contributed by atoms with E-state index in [2.05, 4.69) is 10.00 Å². The van der Waals surface area contributed by atoms with Gasteiger partial charge in [-0.3, -0.25) is 4.68 Å². The van der Waals surface area contributed by atoms with E-state index >= 15 is 0 Å². The molecule has 2 aromatic rings. The molecule has 182 valence electrons. The summed E-state index contributed by atoms with van der Waals surface area (Å²) < 4.78 is 74.4. The lowest BCUT2D eigenvalue weighted by Crippen LogP contribution is -2.42. The first-order valence-corrected chi connectivity index (χ1v) is 11.7. The van der Waals surface area contributed by atoms with Crippen LogP contribution in [0, 0.1) is 5.82 Å². The average Bonchev–Trinajstić information content (AvgIpc) is 3.44. The maximum Gasteiger partial charge on any atom is 0.490 e. The molecule has 0 amide bonds. The van der Waals surface area contributed by atoms with E-state index in [4.69, 9.17) is 9.90 Å². The minimum atomic E-state index is -5.08. The summed E-state index contributed by atoms with van der Waals surface area (Å²) >= 11 is 0. The molecule has 1 unspecified atom stereocenters. The summed E-state index contributed by atoms with van der Waals surface area (Å²) in [6.45, 7) is 3.88. The number of rotatable bonds is 5. The van der Waals surface area contributed by atoms with E-state index in [0.29, 0.717) is 13.1 Å². The van der Waals surface area contributed by atoms with Crippen LogP contribution in [0.5, 0.6) is 0 Å². The summed E-state index contributed by atoms with van der Waals surface area (Å²) in [4.78, 5) is 11.5. The van der Waals surface area contributed by atoms with Crippen LogP contribution in [0.4, 0.5) is 17.6 Å². The lowest BCUT2D eigenvalue weighted by molar-refractivity contribution is -0.192. The summed E-state index contributed by atoms with van der Waals surface area (Å²) in [6.07, 6.45) is -0.0121. The third-order valence-corrected chi connectivity index (χ3v) is 7.35. The number of likely N-dealkylation sites (tertiary alicyclic amines) is 1. The highest BCUT2D eigenvalue weighted by Crippen LogP contribution is 2.28. The molecule has 0 spiro atoms. The zero-order valence-electron chi connectivity index (χ0n) is 17.6. The highest BCUT2D eigenvalue weighted by molar-refractivity contribution is 7.89. The van der Waals surface area contributed by atoms with Crippen LogP contribution in [0.2, 0.25) is 0 Å². The van der Waals surface area contributed by atoms with Crippen LogP contribution in [0.25, 0.3) is 0 Å². The van der Waals surface area contributed by atoms with Crippen LogP contribution >= 0.6 is 0 Å². The number of sulfonamides is 1. The van der Waals surface area contributed by atoms with E-state index in [1.165, 1.54) is 41.4 Å². The Labute approximate surface area is 188 Å². The number of carbonyl (C=O) groups is 1. The molecule has 1 saturated heterocycles. The monoisotopic (exact) mass is 492 g/mol. The zero-order valence-corrected chi connectivity index (χ0v) is 18.4. The Morgan fingerprint density at radius 1 is 1.12 bits per heavy atom. The van der Waals surface area contributed by atoms with Gasteiger partial charge in [0.25, 0.3) is 0 Å². The van der Waals surface area contributed by atoms with Gasteiger partial charge in [-0.2, -0.15) is 22.6 Å². The largest absolute Gasteiger partial charge is 0.490 e. The van der Waals surface area contributed by atoms with Crippen LogP contribution < -0.4 is 0 Å². The number of aliphatic carboxylic acids is 1. The second-order valence-corrected chi connectivity index (χ2v) is 9.75. The van der Waals surface area contributed by atoms with Gasteiger partial charge in [-0.1, -0.05) is 0 Å². The van der Waals surface area contributed by atoms with Gasteiger partial charge in [-0.25, -0.2) is 17.6 Å². The summed E-state index contributed by atoms with van der Waals surface area (Å²) in [5, 5.41) is 11.5. The number of fused-ring (bicyclic) bond motifs is 1. The zero-order chi connectivity index (χ0) is 24.2. The number of nitrogens with zero attached hydrogens (tertiary/aromatic N) is 4. The third kappa shape index (κ3) is 6.30. The van der Waals surface area contributed by atoms with E-state index in [1.807, 2.05) is 10.7 Å². The molecule has 8 nitrogen and oxygen atoms in total. The summed E-state index contributed by atoms with van der Waals surface area (Å²) in [7, 11) is -3.66. The fourth-order valence-corrected chi connectivity index (χ4v) is 5.29. The average molecular weight is 492 g/mol. The van der Waals surface area contributed by atoms with Gasteiger partial charge in [-0.05, 0) is 62.7 Å². The molecular formula is C20H24F4N4O4S. The summed E-state index contributed by atoms with van der Waals surface area (Å²) in [5.41, 5.74) is 0.897. The van der Waals surface area contributed by atoms with Gasteiger partial charge >= 0.3 is 12.1 Å². The van der Waals surface area contributed by atoms with Gasteiger partial charge in [0.2, 0.25) is 10.0 Å². The number of halogens is 4. The molecule has 2 aliphatic heterocycles. The van der Waals surface area contributed by atoms with Crippen LogP contribution in [-0.2, 0) is 21.4 Å². The Morgan fingerprint density at radius 3 is 2.30 bits per heavy atom. The number of hydrogen-bond donors (Lipinski definition) is 1. The second-order valence-electron chi connectivity index (χ2n) is 7.81. The van der Waals surface area contributed by atoms with Gasteiger partial charge < -0.3 is 10.0 Å². The first-order valence-electron chi connectivity index (χ1n) is 10.3. The van der Waals surface area contributed by atoms with Crippen molar-refractivity contribution < 1.29 is 35.9 Å². The Kier molecular flexibility index (Phi) is 7.75. The Morgan fingerprint density at radius 2 is 1.73 bits per heavy atom. The Bertz CT molecular complexity index is 1050. The first kappa shape index (κ1) is 25.1. The Hall–Kier alpha value is -2.51. The van der Waals surface area contributed by atoms with E-state index < -0.39 is 28.0 Å². The molecule has 0 bridgehead atoms. The van der Waals surface area contributed by atoms with Crippen molar-refractivity contribution in [3.8, 4) is 0 Å². The lowest BCUT2D eigenvalue weighted by Gasteiger charge is -2.34. The predicted molar refractivity (Wildman–Crippen MR) is 109 cm³/mol. The molecule has 1 N–H and O–H groups in total. The summed E-state index contributed by atoms with van der Waals surface area (Å²) in [6, 6.07) is 6.92. The maximum absolute atomic E-state index is 13.2. The fraction of sp³-hybridized carbons (Fsp3) is 0.500. The number of hydrogen-bond acceptors (Lipinski definition) is 5. The van der Waals surface area contributed by atoms with E-state index in [-0.39, 0.29) is 10.9 Å². The highest BCUT2D eigenvalue weighted by Gasteiger charge is 2.38. The molecule has 33 heavy (non-hydrogen) atoms. The second kappa shape index (κ2) is 10.2. The molecule has 0 saturated carbocycles. The lowest BCUT2D eigenvalue weighted by atomic mass is 10.1. The third-order valence-electron chi connectivity index (χ3n) is 5.52. The van der Waals surface area contributed by atoms with Crippen LogP contribution in [-0.4, -0.2) is 70.8 Å². The van der Waals surface area contributed by atoms with Crippen molar-refractivity contribution in [1.29, 1.82) is 0 Å².